The first-order valence-corrected chi connectivity index (χ1v) is 8.07. The van der Waals surface area contributed by atoms with Crippen molar-refractivity contribution in [3.05, 3.63) is 29.3 Å². The lowest BCUT2D eigenvalue weighted by atomic mass is 9.83. The molecular weight excluding hydrogens is 264 g/mol. The van der Waals surface area contributed by atoms with Gasteiger partial charge in [0.25, 0.3) is 0 Å². The Labute approximate surface area is 126 Å². The van der Waals surface area contributed by atoms with E-state index in [9.17, 15) is 4.79 Å². The minimum atomic E-state index is 0.132. The van der Waals surface area contributed by atoms with Gasteiger partial charge in [0.05, 0.1) is 17.3 Å². The minimum Gasteiger partial charge on any atom is -0.490 e. The molecule has 1 aromatic rings. The average molecular weight is 288 g/mol. The second-order valence-corrected chi connectivity index (χ2v) is 6.49. The van der Waals surface area contributed by atoms with Gasteiger partial charge in [0, 0.05) is 0 Å². The van der Waals surface area contributed by atoms with Crippen molar-refractivity contribution < 1.29 is 14.3 Å². The standard InChI is InChI=1S/C18H24O3/c1-14-5-6-17(15(11-14)12-19)20-13-16-7-10-18(21-16)8-3-2-4-9-18/h5-6,11-12,16H,2-4,7-10,13H2,1H3. The molecule has 0 radical (unpaired) electrons. The van der Waals surface area contributed by atoms with Crippen molar-refractivity contribution in [2.24, 2.45) is 0 Å². The third-order valence-corrected chi connectivity index (χ3v) is 4.82. The molecule has 1 aliphatic carbocycles. The lowest BCUT2D eigenvalue weighted by Crippen LogP contribution is -2.32. The largest absolute Gasteiger partial charge is 0.490 e. The van der Waals surface area contributed by atoms with Crippen LogP contribution in [-0.2, 0) is 4.74 Å². The molecule has 3 rings (SSSR count). The summed E-state index contributed by atoms with van der Waals surface area (Å²) in [5.74, 6) is 0.670. The summed E-state index contributed by atoms with van der Waals surface area (Å²) in [7, 11) is 0. The van der Waals surface area contributed by atoms with E-state index >= 15 is 0 Å². The molecule has 1 unspecified atom stereocenters. The highest BCUT2D eigenvalue weighted by atomic mass is 16.6. The number of aryl methyl sites for hydroxylation is 1. The maximum atomic E-state index is 11.1. The number of ether oxygens (including phenoxy) is 2. The highest BCUT2D eigenvalue weighted by Gasteiger charge is 2.40. The third kappa shape index (κ3) is 3.29. The van der Waals surface area contributed by atoms with Crippen LogP contribution >= 0.6 is 0 Å². The predicted octanol–water partition coefficient (Wildman–Crippen LogP) is 4.07. The van der Waals surface area contributed by atoms with Crippen molar-refractivity contribution >= 4 is 6.29 Å². The molecule has 114 valence electrons. The lowest BCUT2D eigenvalue weighted by molar-refractivity contribution is -0.0749. The van der Waals surface area contributed by atoms with Gasteiger partial charge in [-0.3, -0.25) is 4.79 Å². The van der Waals surface area contributed by atoms with Gasteiger partial charge in [-0.2, -0.15) is 0 Å². The van der Waals surface area contributed by atoms with Crippen molar-refractivity contribution in [3.8, 4) is 5.75 Å². The van der Waals surface area contributed by atoms with Crippen LogP contribution in [0.4, 0.5) is 0 Å². The Bertz CT molecular complexity index is 503. The van der Waals surface area contributed by atoms with Gasteiger partial charge in [0.1, 0.15) is 12.4 Å². The fourth-order valence-electron chi connectivity index (χ4n) is 3.65. The molecule has 21 heavy (non-hydrogen) atoms. The lowest BCUT2D eigenvalue weighted by Gasteiger charge is -2.33. The Balaban J connectivity index is 1.57. The molecule has 0 bridgehead atoms. The van der Waals surface area contributed by atoms with E-state index in [-0.39, 0.29) is 11.7 Å². The zero-order chi connectivity index (χ0) is 14.7. The van der Waals surface area contributed by atoms with Crippen molar-refractivity contribution in [3.63, 3.8) is 0 Å². The van der Waals surface area contributed by atoms with Crippen molar-refractivity contribution in [2.45, 2.75) is 63.6 Å². The number of hydrogen-bond donors (Lipinski definition) is 0. The second kappa shape index (κ2) is 6.18. The molecule has 0 amide bonds. The van der Waals surface area contributed by atoms with Crippen LogP contribution in [0.3, 0.4) is 0 Å². The third-order valence-electron chi connectivity index (χ3n) is 4.82. The van der Waals surface area contributed by atoms with Gasteiger partial charge in [-0.1, -0.05) is 30.9 Å². The normalized spacial score (nSPS) is 24.1. The Morgan fingerprint density at radius 1 is 1.29 bits per heavy atom. The molecule has 3 heteroatoms. The maximum Gasteiger partial charge on any atom is 0.153 e. The van der Waals surface area contributed by atoms with Gasteiger partial charge in [0.15, 0.2) is 6.29 Å². The number of carbonyl (C=O) groups excluding carboxylic acids is 1. The molecule has 1 aromatic carbocycles. The molecular formula is C18H24O3. The Hall–Kier alpha value is -1.35. The quantitative estimate of drug-likeness (QED) is 0.783. The summed E-state index contributed by atoms with van der Waals surface area (Å²) >= 11 is 0. The summed E-state index contributed by atoms with van der Waals surface area (Å²) in [6.07, 6.45) is 9.60. The Morgan fingerprint density at radius 3 is 2.86 bits per heavy atom. The van der Waals surface area contributed by atoms with Crippen LogP contribution in [-0.4, -0.2) is 24.6 Å². The summed E-state index contributed by atoms with van der Waals surface area (Å²) in [5.41, 5.74) is 1.83. The topological polar surface area (TPSA) is 35.5 Å². The average Bonchev–Trinajstić information content (AvgIpc) is 2.89. The number of rotatable bonds is 4. The number of carbonyl (C=O) groups is 1. The number of hydrogen-bond acceptors (Lipinski definition) is 3. The van der Waals surface area contributed by atoms with Gasteiger partial charge >= 0.3 is 0 Å². The van der Waals surface area contributed by atoms with E-state index in [1.54, 1.807) is 0 Å². The van der Waals surface area contributed by atoms with E-state index in [0.29, 0.717) is 17.9 Å². The second-order valence-electron chi connectivity index (χ2n) is 6.49. The first kappa shape index (κ1) is 14.6. The van der Waals surface area contributed by atoms with Crippen LogP contribution in [0.25, 0.3) is 0 Å². The highest BCUT2D eigenvalue weighted by Crippen LogP contribution is 2.42. The summed E-state index contributed by atoms with van der Waals surface area (Å²) in [5, 5.41) is 0. The summed E-state index contributed by atoms with van der Waals surface area (Å²) in [4.78, 5) is 11.1. The van der Waals surface area contributed by atoms with Gasteiger partial charge < -0.3 is 9.47 Å². The smallest absolute Gasteiger partial charge is 0.153 e. The molecule has 1 spiro atoms. The summed E-state index contributed by atoms with van der Waals surface area (Å²) in [6.45, 7) is 2.52. The summed E-state index contributed by atoms with van der Waals surface area (Å²) < 4.78 is 12.1. The predicted molar refractivity (Wildman–Crippen MR) is 82.0 cm³/mol. The van der Waals surface area contributed by atoms with Crippen LogP contribution < -0.4 is 4.74 Å². The van der Waals surface area contributed by atoms with Crippen LogP contribution in [0.15, 0.2) is 18.2 Å². The van der Waals surface area contributed by atoms with E-state index in [4.69, 9.17) is 9.47 Å². The van der Waals surface area contributed by atoms with Gasteiger partial charge in [-0.05, 0) is 44.7 Å². The minimum absolute atomic E-state index is 0.132. The fraction of sp³-hybridized carbons (Fsp3) is 0.611. The number of benzene rings is 1. The van der Waals surface area contributed by atoms with Crippen molar-refractivity contribution in [1.82, 2.24) is 0 Å². The molecule has 1 saturated carbocycles. The Morgan fingerprint density at radius 2 is 2.10 bits per heavy atom. The zero-order valence-electron chi connectivity index (χ0n) is 12.8. The molecule has 2 aliphatic rings. The molecule has 2 fully saturated rings. The number of aldehydes is 1. The molecule has 1 atom stereocenters. The van der Waals surface area contributed by atoms with Crippen LogP contribution in [0.5, 0.6) is 5.75 Å². The fourth-order valence-corrected chi connectivity index (χ4v) is 3.65. The first-order chi connectivity index (χ1) is 10.2. The monoisotopic (exact) mass is 288 g/mol. The first-order valence-electron chi connectivity index (χ1n) is 8.07. The van der Waals surface area contributed by atoms with Gasteiger partial charge in [-0.25, -0.2) is 0 Å². The molecule has 1 heterocycles. The van der Waals surface area contributed by atoms with E-state index in [1.807, 2.05) is 25.1 Å². The van der Waals surface area contributed by atoms with Crippen molar-refractivity contribution in [2.75, 3.05) is 6.61 Å². The maximum absolute atomic E-state index is 11.1. The van der Waals surface area contributed by atoms with E-state index < -0.39 is 0 Å². The van der Waals surface area contributed by atoms with Gasteiger partial charge in [-0.15, -0.1) is 0 Å². The van der Waals surface area contributed by atoms with E-state index in [1.165, 1.54) is 32.1 Å². The van der Waals surface area contributed by atoms with Crippen LogP contribution in [0, 0.1) is 6.92 Å². The summed E-state index contributed by atoms with van der Waals surface area (Å²) in [6, 6.07) is 5.71. The molecule has 0 aromatic heterocycles. The van der Waals surface area contributed by atoms with Crippen molar-refractivity contribution in [1.29, 1.82) is 0 Å². The molecule has 3 nitrogen and oxygen atoms in total. The molecule has 1 aliphatic heterocycles. The Kier molecular flexibility index (Phi) is 4.29. The van der Waals surface area contributed by atoms with Crippen LogP contribution in [0.2, 0.25) is 0 Å². The van der Waals surface area contributed by atoms with E-state index in [2.05, 4.69) is 0 Å². The molecule has 1 saturated heterocycles. The molecule has 0 N–H and O–H groups in total. The highest BCUT2D eigenvalue weighted by molar-refractivity contribution is 5.79. The van der Waals surface area contributed by atoms with Crippen LogP contribution in [0.1, 0.15) is 60.9 Å². The van der Waals surface area contributed by atoms with E-state index in [0.717, 1.165) is 24.7 Å². The van der Waals surface area contributed by atoms with Gasteiger partial charge in [0.2, 0.25) is 0 Å². The SMILES string of the molecule is Cc1ccc(OCC2CCC3(CCCCC3)O2)c(C=O)c1. The zero-order valence-corrected chi connectivity index (χ0v) is 12.8.